The molecule has 2 rings (SSSR count). The third-order valence-electron chi connectivity index (χ3n) is 3.92. The van der Waals surface area contributed by atoms with Crippen LogP contribution in [-0.2, 0) is 4.79 Å². The van der Waals surface area contributed by atoms with Crippen molar-refractivity contribution in [1.82, 2.24) is 5.32 Å². The Bertz CT molecular complexity index is 628. The van der Waals surface area contributed by atoms with Crippen LogP contribution in [0, 0.1) is 0 Å². The van der Waals surface area contributed by atoms with E-state index in [9.17, 15) is 9.59 Å². The van der Waals surface area contributed by atoms with Gasteiger partial charge in [0, 0.05) is 16.6 Å². The molecule has 0 unspecified atom stereocenters. The second-order valence-electron chi connectivity index (χ2n) is 5.64. The highest BCUT2D eigenvalue weighted by Crippen LogP contribution is 2.32. The molecular formula is C18H22BrNO4. The molecule has 130 valence electrons. The Labute approximate surface area is 150 Å². The van der Waals surface area contributed by atoms with Gasteiger partial charge in [-0.25, -0.2) is 0 Å². The van der Waals surface area contributed by atoms with Crippen LogP contribution in [0.3, 0.4) is 0 Å². The number of aldehydes is 1. The van der Waals surface area contributed by atoms with Crippen molar-refractivity contribution < 1.29 is 19.1 Å². The number of carbonyl (C=O) groups is 2. The Balaban J connectivity index is 1.82. The molecule has 0 aliphatic heterocycles. The molecule has 0 bridgehead atoms. The zero-order valence-electron chi connectivity index (χ0n) is 13.8. The number of amides is 1. The summed E-state index contributed by atoms with van der Waals surface area (Å²) in [5, 5.41) is 2.85. The van der Waals surface area contributed by atoms with Crippen LogP contribution in [0.1, 0.15) is 42.5 Å². The summed E-state index contributed by atoms with van der Waals surface area (Å²) in [6.45, 7) is 0.500. The number of carbonyl (C=O) groups excluding carboxylic acids is 2. The summed E-state index contributed by atoms with van der Waals surface area (Å²) in [6, 6.07) is 3.20. The van der Waals surface area contributed by atoms with Crippen molar-refractivity contribution in [2.45, 2.75) is 32.1 Å². The molecule has 5 nitrogen and oxygen atoms in total. The molecule has 1 aliphatic rings. The monoisotopic (exact) mass is 395 g/mol. The van der Waals surface area contributed by atoms with Crippen LogP contribution in [-0.4, -0.2) is 32.5 Å². The summed E-state index contributed by atoms with van der Waals surface area (Å²) in [7, 11) is 1.51. The van der Waals surface area contributed by atoms with Gasteiger partial charge >= 0.3 is 0 Å². The lowest BCUT2D eigenvalue weighted by atomic mass is 9.97. The van der Waals surface area contributed by atoms with E-state index < -0.39 is 0 Å². The number of nitrogens with one attached hydrogen (secondary N) is 1. The fraction of sp³-hybridized carbons (Fsp3) is 0.444. The number of methoxy groups -OCH3 is 1. The van der Waals surface area contributed by atoms with E-state index in [1.54, 1.807) is 12.1 Å². The molecule has 0 heterocycles. The third-order valence-corrected chi connectivity index (χ3v) is 4.61. The van der Waals surface area contributed by atoms with Crippen molar-refractivity contribution >= 4 is 28.1 Å². The lowest BCUT2D eigenvalue weighted by Crippen LogP contribution is -2.30. The van der Waals surface area contributed by atoms with Crippen LogP contribution in [0.15, 0.2) is 28.3 Å². The number of hydrogen-bond acceptors (Lipinski definition) is 4. The Morgan fingerprint density at radius 3 is 2.83 bits per heavy atom. The number of rotatable bonds is 8. The molecule has 1 aliphatic carbocycles. The van der Waals surface area contributed by atoms with Gasteiger partial charge in [-0.3, -0.25) is 9.59 Å². The van der Waals surface area contributed by atoms with Gasteiger partial charge in [0.05, 0.1) is 7.11 Å². The van der Waals surface area contributed by atoms with E-state index in [2.05, 4.69) is 27.3 Å². The zero-order chi connectivity index (χ0) is 17.4. The number of benzene rings is 1. The van der Waals surface area contributed by atoms with Gasteiger partial charge in [0.15, 0.2) is 24.4 Å². The van der Waals surface area contributed by atoms with Crippen LogP contribution < -0.4 is 14.8 Å². The van der Waals surface area contributed by atoms with Gasteiger partial charge in [-0.05, 0) is 60.2 Å². The van der Waals surface area contributed by atoms with Crippen LogP contribution in [0.2, 0.25) is 0 Å². The number of allylic oxidation sites excluding steroid dienone is 1. The van der Waals surface area contributed by atoms with Gasteiger partial charge in [-0.1, -0.05) is 11.6 Å². The van der Waals surface area contributed by atoms with E-state index in [0.29, 0.717) is 34.4 Å². The predicted molar refractivity (Wildman–Crippen MR) is 95.8 cm³/mol. The van der Waals surface area contributed by atoms with E-state index in [4.69, 9.17) is 9.47 Å². The number of hydrogen-bond donors (Lipinski definition) is 1. The van der Waals surface area contributed by atoms with Crippen LogP contribution >= 0.6 is 15.9 Å². The average molecular weight is 396 g/mol. The molecule has 1 aromatic carbocycles. The maximum atomic E-state index is 11.9. The van der Waals surface area contributed by atoms with Crippen molar-refractivity contribution in [1.29, 1.82) is 0 Å². The van der Waals surface area contributed by atoms with E-state index in [0.717, 1.165) is 19.3 Å². The molecule has 0 atom stereocenters. The quantitative estimate of drug-likeness (QED) is 0.538. The number of ether oxygens (including phenoxy) is 2. The topological polar surface area (TPSA) is 64.6 Å². The molecule has 0 fully saturated rings. The second-order valence-corrected chi connectivity index (χ2v) is 6.49. The van der Waals surface area contributed by atoms with Gasteiger partial charge in [0.2, 0.25) is 0 Å². The first-order chi connectivity index (χ1) is 11.6. The van der Waals surface area contributed by atoms with Crippen molar-refractivity contribution in [2.75, 3.05) is 20.3 Å². The highest BCUT2D eigenvalue weighted by molar-refractivity contribution is 9.10. The molecule has 0 saturated heterocycles. The van der Waals surface area contributed by atoms with Gasteiger partial charge < -0.3 is 14.8 Å². The van der Waals surface area contributed by atoms with Gasteiger partial charge in [0.25, 0.3) is 5.91 Å². The van der Waals surface area contributed by atoms with Crippen LogP contribution in [0.5, 0.6) is 11.5 Å². The minimum Gasteiger partial charge on any atom is -0.493 e. The Hall–Kier alpha value is -1.82. The first-order valence-electron chi connectivity index (χ1n) is 8.04. The molecule has 6 heteroatoms. The summed E-state index contributed by atoms with van der Waals surface area (Å²) in [5.41, 5.74) is 1.86. The fourth-order valence-electron chi connectivity index (χ4n) is 2.60. The highest BCUT2D eigenvalue weighted by atomic mass is 79.9. The summed E-state index contributed by atoms with van der Waals surface area (Å²) in [5.74, 6) is 0.643. The smallest absolute Gasteiger partial charge is 0.257 e. The van der Waals surface area contributed by atoms with Gasteiger partial charge in [0.1, 0.15) is 0 Å². The van der Waals surface area contributed by atoms with E-state index in [1.165, 1.54) is 25.5 Å². The lowest BCUT2D eigenvalue weighted by molar-refractivity contribution is -0.123. The molecule has 0 radical (unpaired) electrons. The zero-order valence-corrected chi connectivity index (χ0v) is 15.4. The molecule has 0 spiro atoms. The third kappa shape index (κ3) is 5.37. The summed E-state index contributed by atoms with van der Waals surface area (Å²) < 4.78 is 11.3. The van der Waals surface area contributed by atoms with E-state index >= 15 is 0 Å². The van der Waals surface area contributed by atoms with Crippen LogP contribution in [0.25, 0.3) is 0 Å². The second kappa shape index (κ2) is 9.47. The molecular weight excluding hydrogens is 374 g/mol. The van der Waals surface area contributed by atoms with E-state index in [-0.39, 0.29) is 12.5 Å². The lowest BCUT2D eigenvalue weighted by Gasteiger charge is -2.14. The summed E-state index contributed by atoms with van der Waals surface area (Å²) in [6.07, 6.45) is 8.68. The Morgan fingerprint density at radius 1 is 1.33 bits per heavy atom. The van der Waals surface area contributed by atoms with Crippen molar-refractivity contribution in [3.8, 4) is 11.5 Å². The van der Waals surface area contributed by atoms with Gasteiger partial charge in [-0.15, -0.1) is 0 Å². The highest BCUT2D eigenvalue weighted by Gasteiger charge is 2.12. The molecule has 0 aromatic heterocycles. The average Bonchev–Trinajstić information content (AvgIpc) is 2.61. The molecule has 24 heavy (non-hydrogen) atoms. The minimum absolute atomic E-state index is 0.116. The maximum absolute atomic E-state index is 11.9. The predicted octanol–water partition coefficient (Wildman–Crippen LogP) is 3.66. The normalized spacial score (nSPS) is 13.8. The molecule has 1 N–H and O–H groups in total. The SMILES string of the molecule is COc1cc(Br)c(C=O)cc1OCC(=O)NCCC1=CCCCC1. The van der Waals surface area contributed by atoms with Gasteiger partial charge in [-0.2, -0.15) is 0 Å². The fourth-order valence-corrected chi connectivity index (χ4v) is 3.02. The largest absolute Gasteiger partial charge is 0.493 e. The number of halogens is 1. The van der Waals surface area contributed by atoms with Crippen molar-refractivity contribution in [3.05, 3.63) is 33.8 Å². The first kappa shape index (κ1) is 18.5. The molecule has 1 amide bonds. The maximum Gasteiger partial charge on any atom is 0.257 e. The summed E-state index contributed by atoms with van der Waals surface area (Å²) >= 11 is 3.28. The Kier molecular flexibility index (Phi) is 7.31. The van der Waals surface area contributed by atoms with Crippen molar-refractivity contribution in [2.24, 2.45) is 0 Å². The minimum atomic E-state index is -0.191. The van der Waals surface area contributed by atoms with E-state index in [1.807, 2.05) is 0 Å². The standard InChI is InChI=1S/C18H22BrNO4/c1-23-16-10-15(19)14(11-21)9-17(16)24-12-18(22)20-8-7-13-5-3-2-4-6-13/h5,9-11H,2-4,6-8,12H2,1H3,(H,20,22). The molecule has 1 aromatic rings. The Morgan fingerprint density at radius 2 is 2.17 bits per heavy atom. The first-order valence-corrected chi connectivity index (χ1v) is 8.83. The van der Waals surface area contributed by atoms with Crippen molar-refractivity contribution in [3.63, 3.8) is 0 Å². The van der Waals surface area contributed by atoms with Crippen LogP contribution in [0.4, 0.5) is 0 Å². The molecule has 0 saturated carbocycles. The summed E-state index contributed by atoms with van der Waals surface area (Å²) in [4.78, 5) is 22.9.